The molecule has 4 rings (SSSR count). The Labute approximate surface area is 166 Å². The van der Waals surface area contributed by atoms with Gasteiger partial charge in [0.1, 0.15) is 17.3 Å². The standard InChI is InChI=1S/C19H19N5O4S/c20-10-12-8-15-14-9-13(29(26,27)24-11-4-2-1-3-5-11)6-7-16(14)23-17(15)18(22-12)28-19(21)25/h6-9,11,23-24H,1-5H2,(H2,21,25). The summed E-state index contributed by atoms with van der Waals surface area (Å²) in [7, 11) is -3.69. The first-order valence-corrected chi connectivity index (χ1v) is 10.7. The molecule has 10 heteroatoms. The van der Waals surface area contributed by atoms with Crippen LogP contribution >= 0.6 is 0 Å². The van der Waals surface area contributed by atoms with Crippen LogP contribution in [0.2, 0.25) is 0 Å². The highest BCUT2D eigenvalue weighted by Crippen LogP contribution is 2.33. The molecule has 1 aliphatic carbocycles. The molecule has 4 N–H and O–H groups in total. The second kappa shape index (κ2) is 7.35. The maximum Gasteiger partial charge on any atom is 0.411 e. The maximum absolute atomic E-state index is 12.9. The van der Waals surface area contributed by atoms with E-state index in [0.717, 1.165) is 32.1 Å². The number of carbonyl (C=O) groups excluding carboxylic acids is 1. The van der Waals surface area contributed by atoms with Crippen molar-refractivity contribution in [3.8, 4) is 11.9 Å². The molecule has 1 aliphatic rings. The van der Waals surface area contributed by atoms with Crippen LogP contribution in [0, 0.1) is 11.3 Å². The van der Waals surface area contributed by atoms with Gasteiger partial charge in [-0.2, -0.15) is 5.26 Å². The van der Waals surface area contributed by atoms with Crippen molar-refractivity contribution in [3.63, 3.8) is 0 Å². The summed E-state index contributed by atoms with van der Waals surface area (Å²) >= 11 is 0. The van der Waals surface area contributed by atoms with E-state index in [0.29, 0.717) is 21.8 Å². The summed E-state index contributed by atoms with van der Waals surface area (Å²) in [5, 5.41) is 10.3. The molecule has 0 bridgehead atoms. The molecule has 0 aliphatic heterocycles. The minimum atomic E-state index is -3.69. The quantitative estimate of drug-likeness (QED) is 0.598. The van der Waals surface area contributed by atoms with E-state index in [1.165, 1.54) is 18.2 Å². The zero-order valence-corrected chi connectivity index (χ0v) is 16.3. The Morgan fingerprint density at radius 1 is 1.24 bits per heavy atom. The third kappa shape index (κ3) is 3.74. The van der Waals surface area contributed by atoms with E-state index in [4.69, 9.17) is 10.5 Å². The minimum absolute atomic E-state index is 0.0169. The molecule has 2 heterocycles. The Bertz CT molecular complexity index is 1250. The van der Waals surface area contributed by atoms with Gasteiger partial charge in [-0.25, -0.2) is 22.9 Å². The second-order valence-corrected chi connectivity index (χ2v) is 8.77. The predicted octanol–water partition coefficient (Wildman–Crippen LogP) is 2.66. The number of carbonyl (C=O) groups is 1. The van der Waals surface area contributed by atoms with Crippen molar-refractivity contribution >= 4 is 37.9 Å². The molecule has 3 aromatic rings. The molecule has 1 fully saturated rings. The Morgan fingerprint density at radius 2 is 2.00 bits per heavy atom. The molecule has 0 unspecified atom stereocenters. The monoisotopic (exact) mass is 413 g/mol. The number of aromatic amines is 1. The summed E-state index contributed by atoms with van der Waals surface area (Å²) in [6.07, 6.45) is 3.76. The van der Waals surface area contributed by atoms with Crippen LogP contribution in [0.5, 0.6) is 5.88 Å². The molecule has 0 radical (unpaired) electrons. The first-order valence-electron chi connectivity index (χ1n) is 9.23. The van der Waals surface area contributed by atoms with Crippen LogP contribution in [0.25, 0.3) is 21.8 Å². The lowest BCUT2D eigenvalue weighted by Gasteiger charge is -2.22. The van der Waals surface area contributed by atoms with Crippen molar-refractivity contribution in [2.24, 2.45) is 5.73 Å². The van der Waals surface area contributed by atoms with Crippen molar-refractivity contribution in [1.29, 1.82) is 5.26 Å². The SMILES string of the molecule is N#Cc1cc2c([nH]c3ccc(S(=O)(=O)NC4CCCCC4)cc32)c(OC(N)=O)n1. The number of nitrogens with one attached hydrogen (secondary N) is 2. The molecular weight excluding hydrogens is 394 g/mol. The Morgan fingerprint density at radius 3 is 2.69 bits per heavy atom. The van der Waals surface area contributed by atoms with E-state index in [1.54, 1.807) is 6.07 Å². The van der Waals surface area contributed by atoms with E-state index < -0.39 is 16.1 Å². The first-order chi connectivity index (χ1) is 13.9. The predicted molar refractivity (Wildman–Crippen MR) is 106 cm³/mol. The number of nitrogens with zero attached hydrogens (tertiary/aromatic N) is 2. The number of hydrogen-bond acceptors (Lipinski definition) is 6. The molecule has 1 amide bonds. The van der Waals surface area contributed by atoms with Gasteiger partial charge in [0, 0.05) is 22.3 Å². The fourth-order valence-corrected chi connectivity index (χ4v) is 5.08. The number of nitrogens with two attached hydrogens (primary N) is 1. The Hall–Kier alpha value is -3.16. The lowest BCUT2D eigenvalue weighted by atomic mass is 9.96. The number of amides is 1. The second-order valence-electron chi connectivity index (χ2n) is 7.06. The van der Waals surface area contributed by atoms with Gasteiger partial charge < -0.3 is 15.5 Å². The van der Waals surface area contributed by atoms with E-state index in [9.17, 15) is 18.5 Å². The van der Waals surface area contributed by atoms with E-state index in [-0.39, 0.29) is 22.5 Å². The van der Waals surface area contributed by atoms with E-state index in [1.807, 2.05) is 6.07 Å². The molecule has 2 aromatic heterocycles. The highest BCUT2D eigenvalue weighted by atomic mass is 32.2. The van der Waals surface area contributed by atoms with Crippen LogP contribution in [0.15, 0.2) is 29.2 Å². The van der Waals surface area contributed by atoms with Gasteiger partial charge in [-0.1, -0.05) is 19.3 Å². The molecule has 29 heavy (non-hydrogen) atoms. The fourth-order valence-electron chi connectivity index (χ4n) is 3.75. The summed E-state index contributed by atoms with van der Waals surface area (Å²) in [6.45, 7) is 0. The summed E-state index contributed by atoms with van der Waals surface area (Å²) in [4.78, 5) is 18.3. The number of rotatable bonds is 4. The van der Waals surface area contributed by atoms with Crippen LogP contribution < -0.4 is 15.2 Å². The van der Waals surface area contributed by atoms with Gasteiger partial charge in [-0.3, -0.25) is 0 Å². The average molecular weight is 413 g/mol. The van der Waals surface area contributed by atoms with Crippen molar-refractivity contribution in [2.45, 2.75) is 43.0 Å². The van der Waals surface area contributed by atoms with Gasteiger partial charge in [-0.15, -0.1) is 0 Å². The lowest BCUT2D eigenvalue weighted by molar-refractivity contribution is 0.209. The largest absolute Gasteiger partial charge is 0.411 e. The van der Waals surface area contributed by atoms with Gasteiger partial charge in [0.25, 0.3) is 0 Å². The van der Waals surface area contributed by atoms with Crippen molar-refractivity contribution < 1.29 is 17.9 Å². The van der Waals surface area contributed by atoms with Crippen LogP contribution in [0.3, 0.4) is 0 Å². The summed E-state index contributed by atoms with van der Waals surface area (Å²) in [6, 6.07) is 8.02. The highest BCUT2D eigenvalue weighted by molar-refractivity contribution is 7.89. The van der Waals surface area contributed by atoms with Crippen molar-refractivity contribution in [3.05, 3.63) is 30.0 Å². The number of fused-ring (bicyclic) bond motifs is 3. The number of aromatic nitrogens is 2. The van der Waals surface area contributed by atoms with Crippen LogP contribution in [-0.2, 0) is 10.0 Å². The minimum Gasteiger partial charge on any atom is -0.389 e. The van der Waals surface area contributed by atoms with Gasteiger partial charge in [0.05, 0.1) is 4.90 Å². The van der Waals surface area contributed by atoms with Gasteiger partial charge in [0.15, 0.2) is 0 Å². The molecule has 0 atom stereocenters. The smallest absolute Gasteiger partial charge is 0.389 e. The number of H-pyrrole nitrogens is 1. The fraction of sp³-hybridized carbons (Fsp3) is 0.316. The third-order valence-corrected chi connectivity index (χ3v) is 6.59. The number of sulfonamides is 1. The van der Waals surface area contributed by atoms with Crippen LogP contribution in [-0.4, -0.2) is 30.5 Å². The summed E-state index contributed by atoms with van der Waals surface area (Å²) < 4.78 is 33.4. The van der Waals surface area contributed by atoms with Crippen LogP contribution in [0.1, 0.15) is 37.8 Å². The van der Waals surface area contributed by atoms with Gasteiger partial charge in [-0.05, 0) is 37.1 Å². The summed E-state index contributed by atoms with van der Waals surface area (Å²) in [5.74, 6) is -0.132. The number of benzene rings is 1. The average Bonchev–Trinajstić information content (AvgIpc) is 3.06. The molecule has 1 saturated carbocycles. The van der Waals surface area contributed by atoms with Crippen LogP contribution in [0.4, 0.5) is 4.79 Å². The van der Waals surface area contributed by atoms with Crippen molar-refractivity contribution in [2.75, 3.05) is 0 Å². The van der Waals surface area contributed by atoms with E-state index in [2.05, 4.69) is 14.7 Å². The first kappa shape index (κ1) is 19.2. The number of ether oxygens (including phenoxy) is 1. The van der Waals surface area contributed by atoms with Gasteiger partial charge in [0.2, 0.25) is 15.9 Å². The zero-order chi connectivity index (χ0) is 20.6. The number of pyridine rings is 1. The molecule has 9 nitrogen and oxygen atoms in total. The maximum atomic E-state index is 12.9. The molecule has 150 valence electrons. The molecular formula is C19H19N5O4S. The number of hydrogen-bond donors (Lipinski definition) is 3. The highest BCUT2D eigenvalue weighted by Gasteiger charge is 2.23. The topological polar surface area (TPSA) is 151 Å². The number of primary amides is 1. The third-order valence-electron chi connectivity index (χ3n) is 5.08. The normalized spacial score (nSPS) is 15.4. The summed E-state index contributed by atoms with van der Waals surface area (Å²) in [5.41, 5.74) is 6.07. The lowest BCUT2D eigenvalue weighted by Crippen LogP contribution is -2.36. The number of nitriles is 1. The molecule has 0 spiro atoms. The van der Waals surface area contributed by atoms with Crippen molar-refractivity contribution in [1.82, 2.24) is 14.7 Å². The zero-order valence-electron chi connectivity index (χ0n) is 15.4. The molecule has 0 saturated heterocycles. The Balaban J connectivity index is 1.81. The Kier molecular flexibility index (Phi) is 4.86. The molecule has 1 aromatic carbocycles. The van der Waals surface area contributed by atoms with Gasteiger partial charge >= 0.3 is 6.09 Å². The van der Waals surface area contributed by atoms with E-state index >= 15 is 0 Å².